The number of nitrogens with zero attached hydrogens (tertiary/aromatic N) is 1. The van der Waals surface area contributed by atoms with Gasteiger partial charge < -0.3 is 4.74 Å². The maximum atomic E-state index is 14.5. The Bertz CT molecular complexity index is 1050. The second kappa shape index (κ2) is 10.5. The van der Waals surface area contributed by atoms with Crippen LogP contribution in [0.2, 0.25) is 0 Å². The molecule has 1 N–H and O–H groups in total. The zero-order valence-corrected chi connectivity index (χ0v) is 17.5. The van der Waals surface area contributed by atoms with Crippen molar-refractivity contribution in [1.29, 1.82) is 0 Å². The lowest BCUT2D eigenvalue weighted by Crippen LogP contribution is -2.44. The Labute approximate surface area is 189 Å². The summed E-state index contributed by atoms with van der Waals surface area (Å²) in [6, 6.07) is 2.61. The molecule has 1 unspecified atom stereocenters. The van der Waals surface area contributed by atoms with Crippen LogP contribution in [0.1, 0.15) is 10.4 Å². The summed E-state index contributed by atoms with van der Waals surface area (Å²) in [6.45, 7) is -0.751. The highest BCUT2D eigenvalue weighted by molar-refractivity contribution is 8.00. The maximum Gasteiger partial charge on any atom is 0.426 e. The number of thioether (sulfide) groups is 1. The number of halogens is 9. The molecule has 0 fully saturated rings. The van der Waals surface area contributed by atoms with E-state index in [4.69, 9.17) is 0 Å². The van der Waals surface area contributed by atoms with Gasteiger partial charge in [-0.3, -0.25) is 15.0 Å². The number of hydrogen-bond donors (Lipinski definition) is 1. The van der Waals surface area contributed by atoms with Crippen molar-refractivity contribution >= 4 is 29.4 Å². The Morgan fingerprint density at radius 3 is 2.12 bits per heavy atom. The summed E-state index contributed by atoms with van der Waals surface area (Å²) in [5, 5.41) is -3.40. The Balaban J connectivity index is 2.27. The van der Waals surface area contributed by atoms with Crippen LogP contribution in [0, 0.1) is 17.5 Å². The number of urea groups is 1. The summed E-state index contributed by atoms with van der Waals surface area (Å²) < 4.78 is 124. The Kier molecular flexibility index (Phi) is 8.47. The lowest BCUT2D eigenvalue weighted by molar-refractivity contribution is -0.219. The molecule has 0 bridgehead atoms. The van der Waals surface area contributed by atoms with Crippen LogP contribution in [0.25, 0.3) is 0 Å². The third-order valence-corrected chi connectivity index (χ3v) is 4.93. The molecular weight excluding hydrogens is 507 g/mol. The number of anilines is 1. The Morgan fingerprint density at radius 2 is 1.62 bits per heavy atom. The highest BCUT2D eigenvalue weighted by atomic mass is 32.2. The fraction of sp³-hybridized carbons (Fsp3) is 0.263. The van der Waals surface area contributed by atoms with E-state index in [9.17, 15) is 49.1 Å². The molecule has 1 atom stereocenters. The van der Waals surface area contributed by atoms with Crippen molar-refractivity contribution in [3.8, 4) is 0 Å². The standard InChI is InChI=1S/C19H13F9N2O3S/c1-33-8-30(17(32)29-15(31)14-10(20)3-2-4-11(14)21)13-6-5-9(7-12(13)22)34-19(27,28)16(23)18(24,25)26/h2-7,16H,8H2,1H3,(H,29,31,32). The summed E-state index contributed by atoms with van der Waals surface area (Å²) in [5.74, 6) is -5.58. The summed E-state index contributed by atoms with van der Waals surface area (Å²) in [6.07, 6.45) is -10.4. The normalized spacial score (nSPS) is 12.9. The van der Waals surface area contributed by atoms with E-state index in [1.165, 1.54) is 0 Å². The van der Waals surface area contributed by atoms with Crippen LogP contribution < -0.4 is 10.2 Å². The molecule has 0 saturated carbocycles. The Hall–Kier alpha value is -2.94. The third kappa shape index (κ3) is 6.34. The number of hydrogen-bond acceptors (Lipinski definition) is 4. The molecule has 3 amide bonds. The number of amides is 3. The van der Waals surface area contributed by atoms with Gasteiger partial charge in [0.2, 0.25) is 0 Å². The predicted molar refractivity (Wildman–Crippen MR) is 102 cm³/mol. The van der Waals surface area contributed by atoms with Crippen molar-refractivity contribution in [2.75, 3.05) is 18.7 Å². The number of nitrogens with one attached hydrogen (secondary N) is 1. The summed E-state index contributed by atoms with van der Waals surface area (Å²) in [7, 11) is 1.04. The third-order valence-electron chi connectivity index (χ3n) is 3.96. The lowest BCUT2D eigenvalue weighted by atomic mass is 10.2. The van der Waals surface area contributed by atoms with Crippen molar-refractivity contribution in [1.82, 2.24) is 5.32 Å². The van der Waals surface area contributed by atoms with E-state index >= 15 is 0 Å². The zero-order chi connectivity index (χ0) is 25.8. The van der Waals surface area contributed by atoms with Crippen molar-refractivity contribution < 1.29 is 53.8 Å². The van der Waals surface area contributed by atoms with Gasteiger partial charge in [0, 0.05) is 12.0 Å². The molecule has 2 aromatic rings. The first-order chi connectivity index (χ1) is 15.7. The van der Waals surface area contributed by atoms with E-state index in [2.05, 4.69) is 4.74 Å². The van der Waals surface area contributed by atoms with Gasteiger partial charge in [-0.15, -0.1) is 0 Å². The predicted octanol–water partition coefficient (Wildman–Crippen LogP) is 5.65. The molecule has 34 heavy (non-hydrogen) atoms. The first kappa shape index (κ1) is 27.3. The van der Waals surface area contributed by atoms with Crippen LogP contribution in [0.5, 0.6) is 0 Å². The minimum atomic E-state index is -5.87. The molecule has 0 aliphatic carbocycles. The van der Waals surface area contributed by atoms with Gasteiger partial charge in [-0.25, -0.2) is 22.4 Å². The number of alkyl halides is 6. The number of ether oxygens (including phenoxy) is 1. The fourth-order valence-corrected chi connectivity index (χ4v) is 3.33. The van der Waals surface area contributed by atoms with E-state index in [1.807, 2.05) is 0 Å². The van der Waals surface area contributed by atoms with E-state index in [-0.39, 0.29) is 0 Å². The first-order valence-electron chi connectivity index (χ1n) is 8.82. The van der Waals surface area contributed by atoms with Crippen LogP contribution in [0.3, 0.4) is 0 Å². The largest absolute Gasteiger partial charge is 0.426 e. The maximum absolute atomic E-state index is 14.5. The number of benzene rings is 2. The van der Waals surface area contributed by atoms with Crippen LogP contribution in [-0.2, 0) is 4.74 Å². The zero-order valence-electron chi connectivity index (χ0n) is 16.7. The lowest BCUT2D eigenvalue weighted by Gasteiger charge is -2.24. The second-order valence-corrected chi connectivity index (χ2v) is 7.60. The van der Waals surface area contributed by atoms with Gasteiger partial charge in [-0.1, -0.05) is 6.07 Å². The summed E-state index contributed by atoms with van der Waals surface area (Å²) in [5.41, 5.74) is -1.82. The average Bonchev–Trinajstić information content (AvgIpc) is 2.71. The topological polar surface area (TPSA) is 58.6 Å². The van der Waals surface area contributed by atoms with Gasteiger partial charge in [0.15, 0.2) is 0 Å². The van der Waals surface area contributed by atoms with Crippen molar-refractivity contribution in [2.24, 2.45) is 0 Å². The number of methoxy groups -OCH3 is 1. The van der Waals surface area contributed by atoms with E-state index in [0.29, 0.717) is 23.1 Å². The molecule has 0 aliphatic heterocycles. The highest BCUT2D eigenvalue weighted by Crippen LogP contribution is 2.46. The summed E-state index contributed by atoms with van der Waals surface area (Å²) in [4.78, 5) is 24.1. The number of carbonyl (C=O) groups excluding carboxylic acids is 2. The number of imide groups is 1. The number of carbonyl (C=O) groups is 2. The monoisotopic (exact) mass is 520 g/mol. The molecular formula is C19H13F9N2O3S. The van der Waals surface area contributed by atoms with E-state index in [0.717, 1.165) is 25.3 Å². The Morgan fingerprint density at radius 1 is 1.03 bits per heavy atom. The number of rotatable bonds is 7. The molecule has 0 radical (unpaired) electrons. The molecule has 5 nitrogen and oxygen atoms in total. The van der Waals surface area contributed by atoms with Crippen LogP contribution in [-0.4, -0.2) is 43.4 Å². The van der Waals surface area contributed by atoms with E-state index in [1.54, 1.807) is 5.32 Å². The molecule has 0 saturated heterocycles. The molecule has 0 aromatic heterocycles. The fourth-order valence-electron chi connectivity index (χ4n) is 2.48. The van der Waals surface area contributed by atoms with Crippen molar-refractivity contribution in [2.45, 2.75) is 22.5 Å². The SMILES string of the molecule is COCN(C(=O)NC(=O)c1c(F)cccc1F)c1ccc(SC(F)(F)C(F)C(F)(F)F)cc1F. The second-order valence-electron chi connectivity index (χ2n) is 6.38. The van der Waals surface area contributed by atoms with Crippen LogP contribution >= 0.6 is 11.8 Å². The van der Waals surface area contributed by atoms with Crippen molar-refractivity contribution in [3.63, 3.8) is 0 Å². The van der Waals surface area contributed by atoms with Gasteiger partial charge in [-0.05, 0) is 42.1 Å². The van der Waals surface area contributed by atoms with Gasteiger partial charge in [0.1, 0.15) is 29.7 Å². The molecule has 0 aliphatic rings. The molecule has 15 heteroatoms. The molecule has 2 aromatic carbocycles. The van der Waals surface area contributed by atoms with E-state index < -0.39 is 81.6 Å². The molecule has 186 valence electrons. The van der Waals surface area contributed by atoms with Gasteiger partial charge in [0.25, 0.3) is 12.1 Å². The summed E-state index contributed by atoms with van der Waals surface area (Å²) >= 11 is -0.908. The minimum absolute atomic E-state index is 0.297. The minimum Gasteiger partial charge on any atom is -0.364 e. The quantitative estimate of drug-likeness (QED) is 0.291. The molecule has 0 heterocycles. The van der Waals surface area contributed by atoms with Gasteiger partial charge >= 0.3 is 17.5 Å². The average molecular weight is 520 g/mol. The highest BCUT2D eigenvalue weighted by Gasteiger charge is 2.57. The first-order valence-corrected chi connectivity index (χ1v) is 9.63. The molecule has 2 rings (SSSR count). The van der Waals surface area contributed by atoms with Crippen LogP contribution in [0.15, 0.2) is 41.3 Å². The smallest absolute Gasteiger partial charge is 0.364 e. The van der Waals surface area contributed by atoms with Crippen LogP contribution in [0.4, 0.5) is 50.0 Å². The van der Waals surface area contributed by atoms with Gasteiger partial charge in [0.05, 0.1) is 5.69 Å². The van der Waals surface area contributed by atoms with Gasteiger partial charge in [-0.2, -0.15) is 22.0 Å². The van der Waals surface area contributed by atoms with Crippen molar-refractivity contribution in [3.05, 3.63) is 59.4 Å². The molecule has 0 spiro atoms.